The molecule has 1 atom stereocenters. The number of fused-ring (bicyclic) bond motifs is 1. The second-order valence-corrected chi connectivity index (χ2v) is 6.96. The van der Waals surface area contributed by atoms with Crippen LogP contribution in [0.1, 0.15) is 20.3 Å². The second-order valence-electron chi connectivity index (χ2n) is 6.62. The molecule has 1 amide bonds. The number of ether oxygens (including phenoxy) is 1. The van der Waals surface area contributed by atoms with Crippen LogP contribution in [0.4, 0.5) is 0 Å². The SMILES string of the molecule is COC(=O)[C@H](CC(C)C)NC(=O)Cn1c(Cl)nc2c1c(=O)n(C)c(=O)n2C. The molecule has 10 nitrogen and oxygen atoms in total. The Labute approximate surface area is 159 Å². The predicted octanol–water partition coefficient (Wildman–Crippen LogP) is -0.209. The van der Waals surface area contributed by atoms with Gasteiger partial charge in [0.05, 0.1) is 7.11 Å². The van der Waals surface area contributed by atoms with E-state index in [0.717, 1.165) is 4.57 Å². The smallest absolute Gasteiger partial charge is 0.332 e. The van der Waals surface area contributed by atoms with Gasteiger partial charge in [-0.15, -0.1) is 0 Å². The zero-order chi connectivity index (χ0) is 20.5. The third-order valence-electron chi connectivity index (χ3n) is 4.13. The summed E-state index contributed by atoms with van der Waals surface area (Å²) in [5, 5.41) is 2.48. The van der Waals surface area contributed by atoms with Crippen molar-refractivity contribution in [3.8, 4) is 0 Å². The van der Waals surface area contributed by atoms with Gasteiger partial charge >= 0.3 is 11.7 Å². The summed E-state index contributed by atoms with van der Waals surface area (Å²) in [5.74, 6) is -0.950. The first-order chi connectivity index (χ1) is 12.6. The highest BCUT2D eigenvalue weighted by atomic mass is 35.5. The summed E-state index contributed by atoms with van der Waals surface area (Å²) in [7, 11) is 4.02. The summed E-state index contributed by atoms with van der Waals surface area (Å²) >= 11 is 6.09. The van der Waals surface area contributed by atoms with Crippen LogP contribution in [0, 0.1) is 5.92 Å². The second kappa shape index (κ2) is 7.95. The van der Waals surface area contributed by atoms with Gasteiger partial charge in [0.25, 0.3) is 5.56 Å². The van der Waals surface area contributed by atoms with Crippen LogP contribution in [-0.4, -0.2) is 43.7 Å². The lowest BCUT2D eigenvalue weighted by Gasteiger charge is -2.18. The van der Waals surface area contributed by atoms with Crippen molar-refractivity contribution >= 4 is 34.6 Å². The van der Waals surface area contributed by atoms with E-state index in [2.05, 4.69) is 10.3 Å². The van der Waals surface area contributed by atoms with Gasteiger partial charge in [-0.1, -0.05) is 13.8 Å². The largest absolute Gasteiger partial charge is 0.467 e. The molecule has 1 N–H and O–H groups in total. The molecule has 0 aliphatic heterocycles. The average Bonchev–Trinajstić information content (AvgIpc) is 2.93. The molecule has 0 aliphatic rings. The lowest BCUT2D eigenvalue weighted by atomic mass is 10.0. The van der Waals surface area contributed by atoms with Gasteiger partial charge in [-0.3, -0.25) is 23.3 Å². The molecule has 11 heteroatoms. The van der Waals surface area contributed by atoms with Crippen molar-refractivity contribution in [3.63, 3.8) is 0 Å². The number of carbonyl (C=O) groups is 2. The van der Waals surface area contributed by atoms with Crippen LogP contribution >= 0.6 is 11.6 Å². The molecule has 0 unspecified atom stereocenters. The molecule has 27 heavy (non-hydrogen) atoms. The summed E-state index contributed by atoms with van der Waals surface area (Å²) in [6.07, 6.45) is 0.396. The van der Waals surface area contributed by atoms with E-state index in [9.17, 15) is 19.2 Å². The number of methoxy groups -OCH3 is 1. The Bertz CT molecular complexity index is 1000. The van der Waals surface area contributed by atoms with Gasteiger partial charge in [-0.25, -0.2) is 9.59 Å². The summed E-state index contributed by atoms with van der Waals surface area (Å²) < 4.78 is 8.00. The molecule has 0 aliphatic carbocycles. The Morgan fingerprint density at radius 2 is 1.85 bits per heavy atom. The highest BCUT2D eigenvalue weighted by Crippen LogP contribution is 2.15. The third-order valence-corrected chi connectivity index (χ3v) is 4.42. The summed E-state index contributed by atoms with van der Waals surface area (Å²) in [4.78, 5) is 52.8. The van der Waals surface area contributed by atoms with Gasteiger partial charge in [0.1, 0.15) is 12.6 Å². The fourth-order valence-corrected chi connectivity index (χ4v) is 3.00. The minimum absolute atomic E-state index is 0.0261. The Morgan fingerprint density at radius 1 is 1.22 bits per heavy atom. The quantitative estimate of drug-likeness (QED) is 0.530. The van der Waals surface area contributed by atoms with Crippen LogP contribution in [0.5, 0.6) is 0 Å². The van der Waals surface area contributed by atoms with Crippen molar-refractivity contribution < 1.29 is 14.3 Å². The maximum Gasteiger partial charge on any atom is 0.332 e. The number of nitrogens with one attached hydrogen (secondary N) is 1. The maximum absolute atomic E-state index is 12.5. The van der Waals surface area contributed by atoms with Crippen LogP contribution in [0.3, 0.4) is 0 Å². The number of aromatic nitrogens is 4. The number of rotatable bonds is 6. The normalized spacial score (nSPS) is 12.4. The number of hydrogen-bond acceptors (Lipinski definition) is 6. The molecule has 0 spiro atoms. The van der Waals surface area contributed by atoms with E-state index in [1.807, 2.05) is 13.8 Å². The van der Waals surface area contributed by atoms with E-state index in [1.54, 1.807) is 0 Å². The van der Waals surface area contributed by atoms with Crippen molar-refractivity contribution in [1.82, 2.24) is 24.0 Å². The van der Waals surface area contributed by atoms with Crippen LogP contribution < -0.4 is 16.6 Å². The Balaban J connectivity index is 2.40. The zero-order valence-corrected chi connectivity index (χ0v) is 16.5. The van der Waals surface area contributed by atoms with Gasteiger partial charge in [0.15, 0.2) is 11.2 Å². The average molecular weight is 400 g/mol. The lowest BCUT2D eigenvalue weighted by molar-refractivity contribution is -0.145. The summed E-state index contributed by atoms with van der Waals surface area (Å²) in [6.45, 7) is 3.48. The van der Waals surface area contributed by atoms with Gasteiger partial charge in [0.2, 0.25) is 11.2 Å². The molecule has 2 aromatic heterocycles. The molecule has 0 saturated carbocycles. The monoisotopic (exact) mass is 399 g/mol. The molecule has 0 fully saturated rings. The van der Waals surface area contributed by atoms with Gasteiger partial charge in [-0.05, 0) is 23.9 Å². The van der Waals surface area contributed by atoms with E-state index >= 15 is 0 Å². The standard InChI is InChI=1S/C16H22ClN5O5/c1-8(2)6-9(14(25)27-5)18-10(23)7-22-11-12(19-15(22)17)20(3)16(26)21(4)13(11)24/h8-9H,6-7H2,1-5H3,(H,18,23)/t9-/m0/s1. The Morgan fingerprint density at radius 3 is 2.41 bits per heavy atom. The van der Waals surface area contributed by atoms with Crippen LogP contribution in [-0.2, 0) is 35.0 Å². The first-order valence-electron chi connectivity index (χ1n) is 8.27. The van der Waals surface area contributed by atoms with E-state index < -0.39 is 29.2 Å². The number of hydrogen-bond donors (Lipinski definition) is 1. The van der Waals surface area contributed by atoms with Crippen LogP contribution in [0.2, 0.25) is 5.28 Å². The maximum atomic E-state index is 12.5. The first-order valence-corrected chi connectivity index (χ1v) is 8.65. The molecule has 2 aromatic rings. The number of imidazole rings is 1. The molecular weight excluding hydrogens is 378 g/mol. The lowest BCUT2D eigenvalue weighted by Crippen LogP contribution is -2.44. The zero-order valence-electron chi connectivity index (χ0n) is 15.8. The molecule has 0 aromatic carbocycles. The number of aryl methyl sites for hydroxylation is 1. The topological polar surface area (TPSA) is 117 Å². The highest BCUT2D eigenvalue weighted by Gasteiger charge is 2.25. The van der Waals surface area contributed by atoms with Crippen LogP contribution in [0.25, 0.3) is 11.2 Å². The molecule has 2 heterocycles. The predicted molar refractivity (Wildman–Crippen MR) is 98.6 cm³/mol. The van der Waals surface area contributed by atoms with E-state index in [1.165, 1.54) is 30.3 Å². The number of nitrogens with zero attached hydrogens (tertiary/aromatic N) is 4. The van der Waals surface area contributed by atoms with Crippen molar-refractivity contribution in [2.24, 2.45) is 20.0 Å². The fraction of sp³-hybridized carbons (Fsp3) is 0.562. The van der Waals surface area contributed by atoms with Crippen LogP contribution in [0.15, 0.2) is 9.59 Å². The molecule has 0 radical (unpaired) electrons. The molecule has 0 saturated heterocycles. The minimum atomic E-state index is -0.816. The molecule has 0 bridgehead atoms. The van der Waals surface area contributed by atoms with Gasteiger partial charge in [-0.2, -0.15) is 4.98 Å². The first kappa shape index (κ1) is 20.7. The molecular formula is C16H22ClN5O5. The third kappa shape index (κ3) is 4.05. The molecule has 148 valence electrons. The van der Waals surface area contributed by atoms with E-state index in [-0.39, 0.29) is 28.9 Å². The number of amides is 1. The fourth-order valence-electron chi connectivity index (χ4n) is 2.78. The van der Waals surface area contributed by atoms with Crippen molar-refractivity contribution in [2.75, 3.05) is 7.11 Å². The van der Waals surface area contributed by atoms with E-state index in [0.29, 0.717) is 6.42 Å². The highest BCUT2D eigenvalue weighted by molar-refractivity contribution is 6.29. The number of carbonyl (C=O) groups excluding carboxylic acids is 2. The van der Waals surface area contributed by atoms with Gasteiger partial charge < -0.3 is 10.1 Å². The van der Waals surface area contributed by atoms with E-state index in [4.69, 9.17) is 16.3 Å². The number of esters is 1. The van der Waals surface area contributed by atoms with Crippen molar-refractivity contribution in [1.29, 1.82) is 0 Å². The minimum Gasteiger partial charge on any atom is -0.467 e. The van der Waals surface area contributed by atoms with Crippen molar-refractivity contribution in [3.05, 3.63) is 26.1 Å². The van der Waals surface area contributed by atoms with Crippen molar-refractivity contribution in [2.45, 2.75) is 32.9 Å². The molecule has 2 rings (SSSR count). The van der Waals surface area contributed by atoms with Gasteiger partial charge in [0, 0.05) is 14.1 Å². The summed E-state index contributed by atoms with van der Waals surface area (Å²) in [5.41, 5.74) is -1.07. The Hall–Kier alpha value is -2.62. The Kier molecular flexibility index (Phi) is 6.09. The number of halogens is 1. The summed E-state index contributed by atoms with van der Waals surface area (Å²) in [6, 6.07) is -0.816.